The highest BCUT2D eigenvalue weighted by Crippen LogP contribution is 2.04. The lowest BCUT2D eigenvalue weighted by Gasteiger charge is -2.32. The molecular formula is C15H27N3O4. The standard InChI is InChI=1S/C15H27N3O4/c1-16-4-6-18(7-5-16)14(19)2-3-15(20)22-13-10-17-8-11-21-12-9-17/h2-13H2,1H3. The molecule has 1 amide bonds. The van der Waals surface area contributed by atoms with E-state index in [0.717, 1.165) is 59.0 Å². The summed E-state index contributed by atoms with van der Waals surface area (Å²) in [6.07, 6.45) is 0.425. The van der Waals surface area contributed by atoms with Crippen LogP contribution in [-0.4, -0.2) is 99.3 Å². The Hall–Kier alpha value is -1.18. The molecule has 22 heavy (non-hydrogen) atoms. The van der Waals surface area contributed by atoms with Crippen LogP contribution in [0.3, 0.4) is 0 Å². The normalized spacial score (nSPS) is 20.9. The summed E-state index contributed by atoms with van der Waals surface area (Å²) in [7, 11) is 2.05. The maximum Gasteiger partial charge on any atom is 0.306 e. The summed E-state index contributed by atoms with van der Waals surface area (Å²) < 4.78 is 10.5. The number of hydrogen-bond donors (Lipinski definition) is 0. The summed E-state index contributed by atoms with van der Waals surface area (Å²) in [4.78, 5) is 29.9. The number of rotatable bonds is 6. The molecule has 0 unspecified atom stereocenters. The Kier molecular flexibility index (Phi) is 7.08. The van der Waals surface area contributed by atoms with E-state index in [-0.39, 0.29) is 24.7 Å². The van der Waals surface area contributed by atoms with E-state index in [0.29, 0.717) is 6.61 Å². The molecule has 2 fully saturated rings. The Morgan fingerprint density at radius 3 is 2.36 bits per heavy atom. The Bertz CT molecular complexity index is 364. The van der Waals surface area contributed by atoms with Crippen LogP contribution in [0.5, 0.6) is 0 Å². The molecule has 0 spiro atoms. The number of piperazine rings is 1. The van der Waals surface area contributed by atoms with Gasteiger partial charge in [0.2, 0.25) is 5.91 Å². The van der Waals surface area contributed by atoms with Gasteiger partial charge in [-0.25, -0.2) is 0 Å². The molecule has 0 bridgehead atoms. The van der Waals surface area contributed by atoms with Gasteiger partial charge >= 0.3 is 5.97 Å². The van der Waals surface area contributed by atoms with Crippen molar-refractivity contribution in [2.75, 3.05) is 72.7 Å². The number of carbonyl (C=O) groups is 2. The number of ether oxygens (including phenoxy) is 2. The number of amides is 1. The lowest BCUT2D eigenvalue weighted by Crippen LogP contribution is -2.47. The molecule has 0 aliphatic carbocycles. The Labute approximate surface area is 132 Å². The van der Waals surface area contributed by atoms with Gasteiger partial charge in [0, 0.05) is 52.2 Å². The summed E-state index contributed by atoms with van der Waals surface area (Å²) >= 11 is 0. The van der Waals surface area contributed by atoms with Crippen molar-refractivity contribution in [2.45, 2.75) is 12.8 Å². The van der Waals surface area contributed by atoms with E-state index in [1.807, 2.05) is 11.9 Å². The molecule has 0 N–H and O–H groups in total. The fourth-order valence-electron chi connectivity index (χ4n) is 2.61. The number of likely N-dealkylation sites (N-methyl/N-ethyl adjacent to an activating group) is 1. The third-order valence-electron chi connectivity index (χ3n) is 4.17. The van der Waals surface area contributed by atoms with Gasteiger partial charge in [-0.2, -0.15) is 0 Å². The third kappa shape index (κ3) is 5.90. The van der Waals surface area contributed by atoms with Gasteiger partial charge in [-0.15, -0.1) is 0 Å². The molecule has 2 aliphatic rings. The van der Waals surface area contributed by atoms with Crippen molar-refractivity contribution in [3.8, 4) is 0 Å². The van der Waals surface area contributed by atoms with Crippen molar-refractivity contribution in [2.24, 2.45) is 0 Å². The zero-order valence-electron chi connectivity index (χ0n) is 13.5. The maximum atomic E-state index is 12.0. The van der Waals surface area contributed by atoms with Crippen LogP contribution >= 0.6 is 0 Å². The minimum Gasteiger partial charge on any atom is -0.464 e. The first-order valence-corrected chi connectivity index (χ1v) is 8.07. The van der Waals surface area contributed by atoms with Crippen molar-refractivity contribution in [3.63, 3.8) is 0 Å². The van der Waals surface area contributed by atoms with Gasteiger partial charge in [-0.3, -0.25) is 14.5 Å². The Balaban J connectivity index is 1.54. The van der Waals surface area contributed by atoms with Crippen molar-refractivity contribution in [3.05, 3.63) is 0 Å². The monoisotopic (exact) mass is 313 g/mol. The highest BCUT2D eigenvalue weighted by molar-refractivity contribution is 5.81. The van der Waals surface area contributed by atoms with Gasteiger partial charge in [0.05, 0.1) is 19.6 Å². The van der Waals surface area contributed by atoms with E-state index >= 15 is 0 Å². The van der Waals surface area contributed by atoms with Crippen LogP contribution in [0.25, 0.3) is 0 Å². The summed E-state index contributed by atoms with van der Waals surface area (Å²) in [6.45, 7) is 7.69. The fourth-order valence-corrected chi connectivity index (χ4v) is 2.61. The van der Waals surface area contributed by atoms with E-state index in [4.69, 9.17) is 9.47 Å². The SMILES string of the molecule is CN1CCN(C(=O)CCC(=O)OCCN2CCOCC2)CC1. The lowest BCUT2D eigenvalue weighted by molar-refractivity contribution is -0.147. The van der Waals surface area contributed by atoms with Gasteiger partial charge < -0.3 is 19.3 Å². The average molecular weight is 313 g/mol. The second-order valence-corrected chi connectivity index (χ2v) is 5.86. The van der Waals surface area contributed by atoms with E-state index < -0.39 is 0 Å². The first-order chi connectivity index (χ1) is 10.6. The van der Waals surface area contributed by atoms with Crippen molar-refractivity contribution in [1.82, 2.24) is 14.7 Å². The Morgan fingerprint density at radius 2 is 1.68 bits per heavy atom. The highest BCUT2D eigenvalue weighted by atomic mass is 16.5. The molecule has 2 aliphatic heterocycles. The summed E-state index contributed by atoms with van der Waals surface area (Å²) in [6, 6.07) is 0. The fraction of sp³-hybridized carbons (Fsp3) is 0.867. The topological polar surface area (TPSA) is 62.3 Å². The molecule has 0 radical (unpaired) electrons. The van der Waals surface area contributed by atoms with Gasteiger partial charge in [-0.1, -0.05) is 0 Å². The number of carbonyl (C=O) groups excluding carboxylic acids is 2. The summed E-state index contributed by atoms with van der Waals surface area (Å²) in [5.41, 5.74) is 0. The molecule has 7 heteroatoms. The van der Waals surface area contributed by atoms with Crippen LogP contribution < -0.4 is 0 Å². The predicted molar refractivity (Wildman–Crippen MR) is 81.5 cm³/mol. The smallest absolute Gasteiger partial charge is 0.306 e. The van der Waals surface area contributed by atoms with E-state index in [2.05, 4.69) is 9.80 Å². The van der Waals surface area contributed by atoms with E-state index in [9.17, 15) is 9.59 Å². The predicted octanol–water partition coefficient (Wildman–Crippen LogP) is -0.584. The molecule has 0 aromatic heterocycles. The van der Waals surface area contributed by atoms with Crippen molar-refractivity contribution >= 4 is 11.9 Å². The number of esters is 1. The van der Waals surface area contributed by atoms with Crippen LogP contribution in [0.4, 0.5) is 0 Å². The minimum atomic E-state index is -0.282. The van der Waals surface area contributed by atoms with Gasteiger partial charge in [0.25, 0.3) is 0 Å². The highest BCUT2D eigenvalue weighted by Gasteiger charge is 2.20. The van der Waals surface area contributed by atoms with Crippen LogP contribution in [0.2, 0.25) is 0 Å². The molecule has 0 saturated carbocycles. The third-order valence-corrected chi connectivity index (χ3v) is 4.17. The van der Waals surface area contributed by atoms with Crippen LogP contribution in [0.15, 0.2) is 0 Å². The van der Waals surface area contributed by atoms with Gasteiger partial charge in [0.15, 0.2) is 0 Å². The zero-order chi connectivity index (χ0) is 15.8. The first-order valence-electron chi connectivity index (χ1n) is 8.07. The second kappa shape index (κ2) is 9.07. The van der Waals surface area contributed by atoms with Gasteiger partial charge in [0.1, 0.15) is 6.61 Å². The minimum absolute atomic E-state index is 0.0539. The van der Waals surface area contributed by atoms with Crippen LogP contribution in [0, 0.1) is 0 Å². The molecule has 0 aromatic carbocycles. The molecule has 126 valence electrons. The lowest BCUT2D eigenvalue weighted by atomic mass is 10.2. The number of nitrogens with zero attached hydrogens (tertiary/aromatic N) is 3. The average Bonchev–Trinajstić information content (AvgIpc) is 2.54. The molecule has 0 atom stereocenters. The summed E-state index contributed by atoms with van der Waals surface area (Å²) in [5, 5.41) is 0. The zero-order valence-corrected chi connectivity index (χ0v) is 13.5. The molecule has 2 rings (SSSR count). The quantitative estimate of drug-likeness (QED) is 0.611. The van der Waals surface area contributed by atoms with E-state index in [1.165, 1.54) is 0 Å². The molecule has 7 nitrogen and oxygen atoms in total. The van der Waals surface area contributed by atoms with Crippen LogP contribution in [0.1, 0.15) is 12.8 Å². The van der Waals surface area contributed by atoms with Gasteiger partial charge in [-0.05, 0) is 7.05 Å². The van der Waals surface area contributed by atoms with Crippen molar-refractivity contribution < 1.29 is 19.1 Å². The number of hydrogen-bond acceptors (Lipinski definition) is 6. The van der Waals surface area contributed by atoms with E-state index in [1.54, 1.807) is 0 Å². The molecular weight excluding hydrogens is 286 g/mol. The second-order valence-electron chi connectivity index (χ2n) is 5.86. The summed E-state index contributed by atoms with van der Waals surface area (Å²) in [5.74, 6) is -0.228. The number of morpholine rings is 1. The molecule has 2 heterocycles. The Morgan fingerprint density at radius 1 is 1.00 bits per heavy atom. The van der Waals surface area contributed by atoms with Crippen LogP contribution in [-0.2, 0) is 19.1 Å². The molecule has 2 saturated heterocycles. The van der Waals surface area contributed by atoms with Crippen molar-refractivity contribution in [1.29, 1.82) is 0 Å². The first kappa shape index (κ1) is 17.2. The molecule has 0 aromatic rings. The largest absolute Gasteiger partial charge is 0.464 e. The maximum absolute atomic E-state index is 12.0.